The van der Waals surface area contributed by atoms with Gasteiger partial charge in [0, 0.05) is 6.04 Å². The van der Waals surface area contributed by atoms with E-state index in [0.29, 0.717) is 6.04 Å². The van der Waals surface area contributed by atoms with Gasteiger partial charge in [-0.3, -0.25) is 0 Å². The highest BCUT2D eigenvalue weighted by Gasteiger charge is 2.15. The van der Waals surface area contributed by atoms with Crippen molar-refractivity contribution in [3.05, 3.63) is 48.5 Å². The van der Waals surface area contributed by atoms with Gasteiger partial charge in [-0.05, 0) is 57.1 Å². The van der Waals surface area contributed by atoms with Gasteiger partial charge in [0.2, 0.25) is 0 Å². The standard InChI is InChI=1S/C20H21N7O/c1-13-15(11-23-28-13)16-5-6-20-22-12-18(27(20)26-16)17-3-2-4-19(25-17)24-14-7-9-21-10-8-14/h2-6,11-12,14,21H,7-10H2,1H3,(H,24,25). The van der Waals surface area contributed by atoms with Crippen molar-refractivity contribution in [2.24, 2.45) is 0 Å². The molecule has 8 heteroatoms. The predicted octanol–water partition coefficient (Wildman–Crippen LogP) is 2.92. The lowest BCUT2D eigenvalue weighted by Crippen LogP contribution is -2.35. The average molecular weight is 375 g/mol. The SMILES string of the molecule is Cc1oncc1-c1ccc2ncc(-c3cccc(NC4CCNCC4)n3)n2n1. The summed E-state index contributed by atoms with van der Waals surface area (Å²) < 4.78 is 6.99. The molecule has 5 heterocycles. The molecule has 1 fully saturated rings. The van der Waals surface area contributed by atoms with Crippen molar-refractivity contribution < 1.29 is 4.52 Å². The number of nitrogens with zero attached hydrogens (tertiary/aromatic N) is 5. The van der Waals surface area contributed by atoms with Crippen molar-refractivity contribution >= 4 is 11.5 Å². The molecule has 2 N–H and O–H groups in total. The molecule has 1 aliphatic rings. The van der Waals surface area contributed by atoms with E-state index in [1.165, 1.54) is 0 Å². The maximum Gasteiger partial charge on any atom is 0.154 e. The Labute approximate surface area is 162 Å². The molecule has 0 amide bonds. The monoisotopic (exact) mass is 375 g/mol. The molecule has 0 bridgehead atoms. The lowest BCUT2D eigenvalue weighted by atomic mass is 10.1. The Hall–Kier alpha value is -3.26. The number of fused-ring (bicyclic) bond motifs is 1. The van der Waals surface area contributed by atoms with Crippen LogP contribution in [0, 0.1) is 6.92 Å². The zero-order valence-electron chi connectivity index (χ0n) is 15.6. The fourth-order valence-electron chi connectivity index (χ4n) is 3.57. The van der Waals surface area contributed by atoms with E-state index in [9.17, 15) is 0 Å². The van der Waals surface area contributed by atoms with Crippen LogP contribution in [0.5, 0.6) is 0 Å². The predicted molar refractivity (Wildman–Crippen MR) is 106 cm³/mol. The van der Waals surface area contributed by atoms with E-state index in [4.69, 9.17) is 14.6 Å². The molecule has 0 atom stereocenters. The average Bonchev–Trinajstić information content (AvgIpc) is 3.34. The topological polar surface area (TPSA) is 93.2 Å². The fraction of sp³-hybridized carbons (Fsp3) is 0.300. The second kappa shape index (κ2) is 7.05. The Bertz CT molecular complexity index is 1110. The van der Waals surface area contributed by atoms with E-state index >= 15 is 0 Å². The summed E-state index contributed by atoms with van der Waals surface area (Å²) in [4.78, 5) is 9.28. The zero-order valence-corrected chi connectivity index (χ0v) is 15.6. The number of piperidine rings is 1. The van der Waals surface area contributed by atoms with Crippen LogP contribution >= 0.6 is 0 Å². The Morgan fingerprint density at radius 3 is 2.82 bits per heavy atom. The van der Waals surface area contributed by atoms with Crippen molar-refractivity contribution in [2.75, 3.05) is 18.4 Å². The number of nitrogens with one attached hydrogen (secondary N) is 2. The number of pyridine rings is 1. The molecule has 5 rings (SSSR count). The van der Waals surface area contributed by atoms with Gasteiger partial charge in [0.05, 0.1) is 29.3 Å². The summed E-state index contributed by atoms with van der Waals surface area (Å²) in [5.74, 6) is 1.62. The molecular formula is C20H21N7O. The second-order valence-electron chi connectivity index (χ2n) is 7.00. The van der Waals surface area contributed by atoms with E-state index in [1.807, 2.05) is 48.0 Å². The largest absolute Gasteiger partial charge is 0.367 e. The lowest BCUT2D eigenvalue weighted by Gasteiger charge is -2.24. The highest BCUT2D eigenvalue weighted by atomic mass is 16.5. The number of aromatic nitrogens is 5. The Morgan fingerprint density at radius 1 is 1.11 bits per heavy atom. The highest BCUT2D eigenvalue weighted by Crippen LogP contribution is 2.24. The molecule has 1 aliphatic heterocycles. The van der Waals surface area contributed by atoms with Crippen LogP contribution in [-0.2, 0) is 0 Å². The van der Waals surface area contributed by atoms with Crippen LogP contribution in [0.15, 0.2) is 47.2 Å². The smallest absolute Gasteiger partial charge is 0.154 e. The van der Waals surface area contributed by atoms with E-state index < -0.39 is 0 Å². The molecule has 28 heavy (non-hydrogen) atoms. The molecule has 0 aromatic carbocycles. The molecule has 1 saturated heterocycles. The van der Waals surface area contributed by atoms with Crippen LogP contribution < -0.4 is 10.6 Å². The quantitative estimate of drug-likeness (QED) is 0.566. The fourth-order valence-corrected chi connectivity index (χ4v) is 3.57. The first kappa shape index (κ1) is 16.9. The summed E-state index contributed by atoms with van der Waals surface area (Å²) in [6.07, 6.45) is 5.69. The van der Waals surface area contributed by atoms with E-state index in [-0.39, 0.29) is 0 Å². The van der Waals surface area contributed by atoms with Gasteiger partial charge in [-0.1, -0.05) is 11.2 Å². The van der Waals surface area contributed by atoms with Gasteiger partial charge in [-0.2, -0.15) is 5.10 Å². The lowest BCUT2D eigenvalue weighted by molar-refractivity contribution is 0.398. The van der Waals surface area contributed by atoms with Crippen LogP contribution in [0.1, 0.15) is 18.6 Å². The van der Waals surface area contributed by atoms with Crippen molar-refractivity contribution in [3.8, 4) is 22.6 Å². The van der Waals surface area contributed by atoms with Gasteiger partial charge in [0.25, 0.3) is 0 Å². The van der Waals surface area contributed by atoms with Crippen molar-refractivity contribution in [1.82, 2.24) is 30.1 Å². The Balaban J connectivity index is 1.50. The van der Waals surface area contributed by atoms with Gasteiger partial charge >= 0.3 is 0 Å². The summed E-state index contributed by atoms with van der Waals surface area (Å²) in [6.45, 7) is 3.96. The van der Waals surface area contributed by atoms with Crippen molar-refractivity contribution in [1.29, 1.82) is 0 Å². The first-order chi connectivity index (χ1) is 13.8. The van der Waals surface area contributed by atoms with Crippen LogP contribution in [0.3, 0.4) is 0 Å². The normalized spacial score (nSPS) is 15.2. The summed E-state index contributed by atoms with van der Waals surface area (Å²) in [7, 11) is 0. The molecule has 4 aromatic rings. The number of hydrogen-bond donors (Lipinski definition) is 2. The minimum Gasteiger partial charge on any atom is -0.367 e. The summed E-state index contributed by atoms with van der Waals surface area (Å²) >= 11 is 0. The van der Waals surface area contributed by atoms with Crippen molar-refractivity contribution in [2.45, 2.75) is 25.8 Å². The summed E-state index contributed by atoms with van der Waals surface area (Å²) in [5.41, 5.74) is 4.11. The number of aryl methyl sites for hydroxylation is 1. The van der Waals surface area contributed by atoms with Crippen LogP contribution in [0.2, 0.25) is 0 Å². The third-order valence-corrected chi connectivity index (χ3v) is 5.09. The minimum atomic E-state index is 0.451. The molecule has 0 unspecified atom stereocenters. The molecule has 0 aliphatic carbocycles. The number of anilines is 1. The van der Waals surface area contributed by atoms with E-state index in [2.05, 4.69) is 20.8 Å². The molecule has 8 nitrogen and oxygen atoms in total. The second-order valence-corrected chi connectivity index (χ2v) is 7.00. The first-order valence-corrected chi connectivity index (χ1v) is 9.49. The van der Waals surface area contributed by atoms with Crippen LogP contribution in [0.25, 0.3) is 28.3 Å². The molecule has 4 aromatic heterocycles. The highest BCUT2D eigenvalue weighted by molar-refractivity contribution is 5.65. The minimum absolute atomic E-state index is 0.451. The van der Waals surface area contributed by atoms with Gasteiger partial charge in [-0.25, -0.2) is 14.5 Å². The maximum absolute atomic E-state index is 5.18. The van der Waals surface area contributed by atoms with Gasteiger partial charge in [0.15, 0.2) is 5.65 Å². The maximum atomic E-state index is 5.18. The first-order valence-electron chi connectivity index (χ1n) is 9.49. The number of hydrogen-bond acceptors (Lipinski definition) is 7. The van der Waals surface area contributed by atoms with Gasteiger partial charge in [-0.15, -0.1) is 0 Å². The van der Waals surface area contributed by atoms with Gasteiger partial charge in [0.1, 0.15) is 17.3 Å². The molecule has 0 spiro atoms. The van der Waals surface area contributed by atoms with E-state index in [0.717, 1.165) is 65.8 Å². The number of rotatable bonds is 4. The zero-order chi connectivity index (χ0) is 18.9. The molecule has 0 saturated carbocycles. The van der Waals surface area contributed by atoms with Crippen LogP contribution in [-0.4, -0.2) is 43.9 Å². The third kappa shape index (κ3) is 3.11. The molecule has 142 valence electrons. The number of imidazole rings is 1. The van der Waals surface area contributed by atoms with Gasteiger partial charge < -0.3 is 15.2 Å². The summed E-state index contributed by atoms with van der Waals surface area (Å²) in [5, 5.41) is 15.5. The molecule has 0 radical (unpaired) electrons. The molecular weight excluding hydrogens is 354 g/mol. The summed E-state index contributed by atoms with van der Waals surface area (Å²) in [6, 6.07) is 10.3. The third-order valence-electron chi connectivity index (χ3n) is 5.09. The Morgan fingerprint density at radius 2 is 2.00 bits per heavy atom. The van der Waals surface area contributed by atoms with Crippen molar-refractivity contribution in [3.63, 3.8) is 0 Å². The Kier molecular flexibility index (Phi) is 4.25. The van der Waals surface area contributed by atoms with E-state index in [1.54, 1.807) is 6.20 Å². The van der Waals surface area contributed by atoms with Crippen LogP contribution in [0.4, 0.5) is 5.82 Å².